The highest BCUT2D eigenvalue weighted by Gasteiger charge is 2.32. The molecule has 196 valence electrons. The molecule has 1 heterocycles. The number of alkyl halides is 3. The van der Waals surface area contributed by atoms with Crippen molar-refractivity contribution in [3.8, 4) is 0 Å². The number of rotatable bonds is 9. The van der Waals surface area contributed by atoms with Crippen LogP contribution in [0.4, 0.5) is 13.2 Å². The summed E-state index contributed by atoms with van der Waals surface area (Å²) in [5.41, 5.74) is 1.18. The van der Waals surface area contributed by atoms with E-state index in [9.17, 15) is 23.1 Å². The maximum atomic E-state index is 13.3. The van der Waals surface area contributed by atoms with E-state index in [1.165, 1.54) is 6.07 Å². The van der Waals surface area contributed by atoms with E-state index in [0.717, 1.165) is 25.0 Å². The molecule has 0 aliphatic heterocycles. The molecule has 2 unspecified atom stereocenters. The van der Waals surface area contributed by atoms with E-state index in [-0.39, 0.29) is 28.8 Å². The van der Waals surface area contributed by atoms with Gasteiger partial charge in [0, 0.05) is 25.0 Å². The molecule has 1 amide bonds. The number of fused-ring (bicyclic) bond motifs is 1. The molecule has 0 fully saturated rings. The summed E-state index contributed by atoms with van der Waals surface area (Å²) in [6.45, 7) is 5.76. The number of nitrogens with zero attached hydrogens (tertiary/aromatic N) is 2. The van der Waals surface area contributed by atoms with Gasteiger partial charge in [-0.1, -0.05) is 36.5 Å². The molecule has 3 rings (SSSR count). The number of aromatic nitrogens is 2. The fourth-order valence-electron chi connectivity index (χ4n) is 4.38. The summed E-state index contributed by atoms with van der Waals surface area (Å²) in [6.07, 6.45) is -2.36. The van der Waals surface area contributed by atoms with Crippen molar-refractivity contribution in [2.45, 2.75) is 58.7 Å². The number of carbonyl (C=O) groups excluding carboxylic acids is 1. The number of amides is 1. The molecule has 2 N–H and O–H groups in total. The molecule has 0 aliphatic carbocycles. The molecule has 0 bridgehead atoms. The van der Waals surface area contributed by atoms with Crippen molar-refractivity contribution < 1.29 is 23.1 Å². The maximum absolute atomic E-state index is 13.3. The number of imidazole rings is 1. The highest BCUT2D eigenvalue weighted by molar-refractivity contribution is 6.38. The Kier molecular flexibility index (Phi) is 8.96. The fraction of sp³-hybridized carbons (Fsp3) is 0.462. The third-order valence-corrected chi connectivity index (χ3v) is 7.29. The lowest BCUT2D eigenvalue weighted by Crippen LogP contribution is -2.28. The number of halogens is 5. The molecular formula is C26H30Cl2F3N3O2. The first-order valence-electron chi connectivity index (χ1n) is 11.8. The number of aliphatic hydroxyl groups excluding tert-OH is 1. The Bertz CT molecular complexity index is 1260. The molecule has 2 aromatic carbocycles. The second-order valence-corrected chi connectivity index (χ2v) is 9.93. The van der Waals surface area contributed by atoms with E-state index in [4.69, 9.17) is 23.2 Å². The van der Waals surface area contributed by atoms with Crippen molar-refractivity contribution in [1.82, 2.24) is 14.9 Å². The molecule has 2 atom stereocenters. The highest BCUT2D eigenvalue weighted by Crippen LogP contribution is 2.35. The van der Waals surface area contributed by atoms with Crippen LogP contribution in [0.2, 0.25) is 10.0 Å². The van der Waals surface area contributed by atoms with Gasteiger partial charge in [0.1, 0.15) is 5.82 Å². The molecular weight excluding hydrogens is 514 g/mol. The SMILES string of the molecule is CCCC(CCNC(=O)c1ccc(Cl)c(Cc2nc3c(C)cc(C(F)(F)F)cc3n2C)c1Cl)C(C)O. The molecule has 10 heteroatoms. The van der Waals surface area contributed by atoms with Crippen LogP contribution in [0.1, 0.15) is 66.0 Å². The monoisotopic (exact) mass is 543 g/mol. The van der Waals surface area contributed by atoms with Crippen LogP contribution in [0.5, 0.6) is 0 Å². The lowest BCUT2D eigenvalue weighted by atomic mass is 9.94. The van der Waals surface area contributed by atoms with Crippen molar-refractivity contribution in [3.63, 3.8) is 0 Å². The third kappa shape index (κ3) is 6.15. The Morgan fingerprint density at radius 1 is 1.22 bits per heavy atom. The lowest BCUT2D eigenvalue weighted by molar-refractivity contribution is -0.137. The largest absolute Gasteiger partial charge is 0.416 e. The summed E-state index contributed by atoms with van der Waals surface area (Å²) in [7, 11) is 1.64. The topological polar surface area (TPSA) is 67.2 Å². The van der Waals surface area contributed by atoms with E-state index in [0.29, 0.717) is 46.0 Å². The van der Waals surface area contributed by atoms with Gasteiger partial charge in [-0.25, -0.2) is 4.98 Å². The number of aryl methyl sites for hydroxylation is 2. The standard InChI is InChI=1S/C26H30Cl2F3N3O2/c1-5-6-16(15(3)35)9-10-32-25(36)18-7-8-20(27)19(23(18)28)13-22-33-24-14(2)11-17(26(29,30)31)12-21(24)34(22)4/h7-8,11-12,15-16,35H,5-6,9-10,13H2,1-4H3,(H,32,36). The number of hydrogen-bond donors (Lipinski definition) is 2. The molecule has 5 nitrogen and oxygen atoms in total. The van der Waals surface area contributed by atoms with E-state index in [1.54, 1.807) is 31.5 Å². The predicted octanol–water partition coefficient (Wildman–Crippen LogP) is 6.72. The Labute approximate surface area is 218 Å². The van der Waals surface area contributed by atoms with Crippen LogP contribution in [0.15, 0.2) is 24.3 Å². The minimum atomic E-state index is -4.47. The normalized spacial score (nSPS) is 13.7. The van der Waals surface area contributed by atoms with Gasteiger partial charge in [0.05, 0.1) is 33.3 Å². The number of benzene rings is 2. The molecule has 0 radical (unpaired) electrons. The molecule has 0 saturated carbocycles. The smallest absolute Gasteiger partial charge is 0.393 e. The van der Waals surface area contributed by atoms with E-state index < -0.39 is 17.8 Å². The van der Waals surface area contributed by atoms with E-state index in [2.05, 4.69) is 10.3 Å². The second-order valence-electron chi connectivity index (χ2n) is 9.14. The Hall–Kier alpha value is -2.29. The Morgan fingerprint density at radius 2 is 1.92 bits per heavy atom. The lowest BCUT2D eigenvalue weighted by Gasteiger charge is -2.19. The average molecular weight is 544 g/mol. The van der Waals surface area contributed by atoms with Gasteiger partial charge in [-0.2, -0.15) is 13.2 Å². The number of nitrogens with one attached hydrogen (secondary N) is 1. The first kappa shape index (κ1) is 28.3. The summed E-state index contributed by atoms with van der Waals surface area (Å²) < 4.78 is 41.5. The van der Waals surface area contributed by atoms with Crippen molar-refractivity contribution in [2.75, 3.05) is 6.54 Å². The average Bonchev–Trinajstić information content (AvgIpc) is 3.11. The molecule has 1 aromatic heterocycles. The van der Waals surface area contributed by atoms with Gasteiger partial charge in [0.15, 0.2) is 0 Å². The zero-order chi connectivity index (χ0) is 26.8. The first-order chi connectivity index (χ1) is 16.8. The molecule has 0 aliphatic rings. The van der Waals surface area contributed by atoms with Crippen LogP contribution in [0.25, 0.3) is 11.0 Å². The van der Waals surface area contributed by atoms with Gasteiger partial charge in [-0.05, 0) is 68.0 Å². The maximum Gasteiger partial charge on any atom is 0.416 e. The van der Waals surface area contributed by atoms with Gasteiger partial charge in [0.2, 0.25) is 0 Å². The number of hydrogen-bond acceptors (Lipinski definition) is 3. The fourth-order valence-corrected chi connectivity index (χ4v) is 4.97. The van der Waals surface area contributed by atoms with Crippen molar-refractivity contribution >= 4 is 40.1 Å². The predicted molar refractivity (Wildman–Crippen MR) is 137 cm³/mol. The molecule has 0 saturated heterocycles. The highest BCUT2D eigenvalue weighted by atomic mass is 35.5. The van der Waals surface area contributed by atoms with Gasteiger partial charge in [-0.3, -0.25) is 4.79 Å². The van der Waals surface area contributed by atoms with Crippen molar-refractivity contribution in [3.05, 3.63) is 62.4 Å². The molecule has 3 aromatic rings. The Morgan fingerprint density at radius 3 is 2.53 bits per heavy atom. The van der Waals surface area contributed by atoms with Gasteiger partial charge in [-0.15, -0.1) is 0 Å². The van der Waals surface area contributed by atoms with Gasteiger partial charge < -0.3 is 15.0 Å². The van der Waals surface area contributed by atoms with Crippen LogP contribution in [-0.2, 0) is 19.6 Å². The quantitative estimate of drug-likeness (QED) is 0.315. The van der Waals surface area contributed by atoms with Crippen LogP contribution in [0, 0.1) is 12.8 Å². The van der Waals surface area contributed by atoms with Crippen molar-refractivity contribution in [2.24, 2.45) is 13.0 Å². The van der Waals surface area contributed by atoms with Gasteiger partial charge in [0.25, 0.3) is 5.91 Å². The number of carbonyl (C=O) groups is 1. The summed E-state index contributed by atoms with van der Waals surface area (Å²) >= 11 is 13.0. The summed E-state index contributed by atoms with van der Waals surface area (Å²) in [5, 5.41) is 13.3. The summed E-state index contributed by atoms with van der Waals surface area (Å²) in [5.74, 6) is 0.188. The van der Waals surface area contributed by atoms with Crippen LogP contribution in [-0.4, -0.2) is 33.2 Å². The van der Waals surface area contributed by atoms with E-state index >= 15 is 0 Å². The summed E-state index contributed by atoms with van der Waals surface area (Å²) in [6, 6.07) is 5.26. The molecule has 0 spiro atoms. The first-order valence-corrected chi connectivity index (χ1v) is 12.6. The zero-order valence-electron chi connectivity index (χ0n) is 20.6. The van der Waals surface area contributed by atoms with Gasteiger partial charge >= 0.3 is 6.18 Å². The van der Waals surface area contributed by atoms with Crippen LogP contribution < -0.4 is 5.32 Å². The zero-order valence-corrected chi connectivity index (χ0v) is 22.2. The molecule has 36 heavy (non-hydrogen) atoms. The second kappa shape index (κ2) is 11.4. The van der Waals surface area contributed by atoms with Crippen molar-refractivity contribution in [1.29, 1.82) is 0 Å². The van der Waals surface area contributed by atoms with Crippen LogP contribution >= 0.6 is 23.2 Å². The van der Waals surface area contributed by atoms with Crippen LogP contribution in [0.3, 0.4) is 0 Å². The number of aliphatic hydroxyl groups is 1. The third-order valence-electron chi connectivity index (χ3n) is 6.51. The minimum absolute atomic E-state index is 0.0883. The summed E-state index contributed by atoms with van der Waals surface area (Å²) in [4.78, 5) is 17.4. The Balaban J connectivity index is 1.86. The van der Waals surface area contributed by atoms with E-state index in [1.807, 2.05) is 6.92 Å². The minimum Gasteiger partial charge on any atom is -0.393 e.